The van der Waals surface area contributed by atoms with E-state index in [0.717, 1.165) is 35.8 Å². The van der Waals surface area contributed by atoms with E-state index in [1.807, 2.05) is 18.2 Å². The number of carbonyl (C=O) groups excluding carboxylic acids is 1. The molecule has 2 bridgehead atoms. The molecular formula is C18H25NO3. The van der Waals surface area contributed by atoms with E-state index in [4.69, 9.17) is 9.47 Å². The number of hydrogen-bond acceptors (Lipinski definition) is 3. The van der Waals surface area contributed by atoms with E-state index < -0.39 is 0 Å². The van der Waals surface area contributed by atoms with Gasteiger partial charge in [0.1, 0.15) is 0 Å². The van der Waals surface area contributed by atoms with Crippen molar-refractivity contribution < 1.29 is 14.3 Å². The van der Waals surface area contributed by atoms with Crippen molar-refractivity contribution in [2.24, 2.45) is 17.8 Å². The molecule has 1 aromatic rings. The van der Waals surface area contributed by atoms with Gasteiger partial charge < -0.3 is 14.8 Å². The smallest absolute Gasteiger partial charge is 0.223 e. The zero-order chi connectivity index (χ0) is 15.5. The fraction of sp³-hybridized carbons (Fsp3) is 0.611. The van der Waals surface area contributed by atoms with E-state index >= 15 is 0 Å². The first-order chi connectivity index (χ1) is 10.7. The Kier molecular flexibility index (Phi) is 4.55. The van der Waals surface area contributed by atoms with Crippen LogP contribution in [0.25, 0.3) is 0 Å². The average molecular weight is 303 g/mol. The Morgan fingerprint density at radius 2 is 2.00 bits per heavy atom. The summed E-state index contributed by atoms with van der Waals surface area (Å²) in [5.74, 6) is 3.45. The predicted molar refractivity (Wildman–Crippen MR) is 85.2 cm³/mol. The molecule has 0 aromatic heterocycles. The first kappa shape index (κ1) is 15.2. The van der Waals surface area contributed by atoms with Crippen LogP contribution >= 0.6 is 0 Å². The third-order valence-corrected chi connectivity index (χ3v) is 5.24. The molecular weight excluding hydrogens is 278 g/mol. The van der Waals surface area contributed by atoms with E-state index in [1.54, 1.807) is 14.2 Å². The van der Waals surface area contributed by atoms with Crippen molar-refractivity contribution in [3.05, 3.63) is 23.8 Å². The lowest BCUT2D eigenvalue weighted by atomic mass is 9.88. The van der Waals surface area contributed by atoms with Crippen molar-refractivity contribution in [1.82, 2.24) is 5.32 Å². The van der Waals surface area contributed by atoms with Crippen LogP contribution in [0.5, 0.6) is 11.5 Å². The second kappa shape index (κ2) is 6.59. The van der Waals surface area contributed by atoms with Crippen LogP contribution in [-0.2, 0) is 11.2 Å². The minimum Gasteiger partial charge on any atom is -0.493 e. The number of benzene rings is 1. The third kappa shape index (κ3) is 3.06. The lowest BCUT2D eigenvalue weighted by Crippen LogP contribution is -2.34. The molecule has 3 atom stereocenters. The summed E-state index contributed by atoms with van der Waals surface area (Å²) >= 11 is 0. The van der Waals surface area contributed by atoms with Crippen molar-refractivity contribution in [3.63, 3.8) is 0 Å². The summed E-state index contributed by atoms with van der Waals surface area (Å²) in [5, 5.41) is 3.11. The van der Waals surface area contributed by atoms with Gasteiger partial charge in [0.05, 0.1) is 14.2 Å². The fourth-order valence-electron chi connectivity index (χ4n) is 4.06. The summed E-state index contributed by atoms with van der Waals surface area (Å²) < 4.78 is 10.5. The molecule has 4 heteroatoms. The number of amides is 1. The standard InChI is InChI=1S/C18H25NO3/c1-21-16-6-4-12(11-17(16)22-2)7-8-19-18(20)15-10-13-3-5-14(15)9-13/h4,6,11,13-15H,3,5,7-10H2,1-2H3,(H,19,20). The Hall–Kier alpha value is -1.71. The molecule has 4 nitrogen and oxygen atoms in total. The number of methoxy groups -OCH3 is 2. The Morgan fingerprint density at radius 3 is 2.64 bits per heavy atom. The van der Waals surface area contributed by atoms with Gasteiger partial charge in [-0.1, -0.05) is 12.5 Å². The zero-order valence-electron chi connectivity index (χ0n) is 13.4. The van der Waals surface area contributed by atoms with Crippen molar-refractivity contribution in [2.45, 2.75) is 32.1 Å². The summed E-state index contributed by atoms with van der Waals surface area (Å²) in [6, 6.07) is 5.90. The molecule has 22 heavy (non-hydrogen) atoms. The SMILES string of the molecule is COc1ccc(CCNC(=O)C2CC3CCC2C3)cc1OC. The second-order valence-corrected chi connectivity index (χ2v) is 6.51. The van der Waals surface area contributed by atoms with Crippen molar-refractivity contribution in [1.29, 1.82) is 0 Å². The molecule has 0 saturated heterocycles. The molecule has 0 heterocycles. The molecule has 0 spiro atoms. The summed E-state index contributed by atoms with van der Waals surface area (Å²) in [7, 11) is 3.27. The van der Waals surface area contributed by atoms with Crippen molar-refractivity contribution in [2.75, 3.05) is 20.8 Å². The van der Waals surface area contributed by atoms with Gasteiger partial charge in [-0.25, -0.2) is 0 Å². The van der Waals surface area contributed by atoms with Gasteiger partial charge in [0.15, 0.2) is 11.5 Å². The van der Waals surface area contributed by atoms with Crippen LogP contribution in [-0.4, -0.2) is 26.7 Å². The summed E-state index contributed by atoms with van der Waals surface area (Å²) in [5.41, 5.74) is 1.14. The molecule has 1 amide bonds. The number of fused-ring (bicyclic) bond motifs is 2. The van der Waals surface area contributed by atoms with E-state index in [1.165, 1.54) is 19.3 Å². The van der Waals surface area contributed by atoms with Gasteiger partial charge in [0, 0.05) is 12.5 Å². The molecule has 3 rings (SSSR count). The Bertz CT molecular complexity index is 543. The van der Waals surface area contributed by atoms with E-state index in [0.29, 0.717) is 12.5 Å². The lowest BCUT2D eigenvalue weighted by Gasteiger charge is -2.20. The summed E-state index contributed by atoms with van der Waals surface area (Å²) in [6.07, 6.45) is 5.77. The van der Waals surface area contributed by atoms with Crippen LogP contribution in [0.15, 0.2) is 18.2 Å². The number of ether oxygens (including phenoxy) is 2. The predicted octanol–water partition coefficient (Wildman–Crippen LogP) is 2.80. The maximum absolute atomic E-state index is 12.3. The van der Waals surface area contributed by atoms with E-state index in [9.17, 15) is 4.79 Å². The Labute approximate surface area is 132 Å². The Morgan fingerprint density at radius 1 is 1.18 bits per heavy atom. The molecule has 3 unspecified atom stereocenters. The normalized spacial score (nSPS) is 26.0. The van der Waals surface area contributed by atoms with E-state index in [-0.39, 0.29) is 11.8 Å². The molecule has 0 radical (unpaired) electrons. The van der Waals surface area contributed by atoms with Gasteiger partial charge in [-0.2, -0.15) is 0 Å². The van der Waals surface area contributed by atoms with Crippen LogP contribution in [0.4, 0.5) is 0 Å². The van der Waals surface area contributed by atoms with Crippen molar-refractivity contribution in [3.8, 4) is 11.5 Å². The van der Waals surface area contributed by atoms with Crippen LogP contribution in [0.3, 0.4) is 0 Å². The number of rotatable bonds is 6. The minimum atomic E-state index is 0.257. The first-order valence-electron chi connectivity index (χ1n) is 8.20. The van der Waals surface area contributed by atoms with E-state index in [2.05, 4.69) is 5.32 Å². The topological polar surface area (TPSA) is 47.6 Å². The Balaban J connectivity index is 1.49. The molecule has 2 aliphatic rings. The van der Waals surface area contributed by atoms with Crippen LogP contribution in [0, 0.1) is 17.8 Å². The van der Waals surface area contributed by atoms with Gasteiger partial charge in [-0.15, -0.1) is 0 Å². The molecule has 1 N–H and O–H groups in total. The molecule has 120 valence electrons. The summed E-state index contributed by atoms with van der Waals surface area (Å²) in [6.45, 7) is 0.683. The van der Waals surface area contributed by atoms with Crippen molar-refractivity contribution >= 4 is 5.91 Å². The quantitative estimate of drug-likeness (QED) is 0.879. The number of carbonyl (C=O) groups is 1. The highest BCUT2D eigenvalue weighted by atomic mass is 16.5. The van der Waals surface area contributed by atoms with Gasteiger partial charge in [-0.3, -0.25) is 4.79 Å². The molecule has 2 fully saturated rings. The largest absolute Gasteiger partial charge is 0.493 e. The van der Waals surface area contributed by atoms with Gasteiger partial charge in [0.2, 0.25) is 5.91 Å². The van der Waals surface area contributed by atoms with Crippen LogP contribution in [0.2, 0.25) is 0 Å². The van der Waals surface area contributed by atoms with Crippen LogP contribution in [0.1, 0.15) is 31.2 Å². The van der Waals surface area contributed by atoms with Gasteiger partial charge >= 0.3 is 0 Å². The van der Waals surface area contributed by atoms with Gasteiger partial charge in [0.25, 0.3) is 0 Å². The highest BCUT2D eigenvalue weighted by molar-refractivity contribution is 5.79. The average Bonchev–Trinajstić information content (AvgIpc) is 3.17. The third-order valence-electron chi connectivity index (χ3n) is 5.24. The highest BCUT2D eigenvalue weighted by Gasteiger charge is 2.42. The molecule has 2 aliphatic carbocycles. The minimum absolute atomic E-state index is 0.257. The highest BCUT2D eigenvalue weighted by Crippen LogP contribution is 2.48. The van der Waals surface area contributed by atoms with Gasteiger partial charge in [-0.05, 0) is 55.2 Å². The second-order valence-electron chi connectivity index (χ2n) is 6.51. The monoisotopic (exact) mass is 303 g/mol. The maximum atomic E-state index is 12.3. The lowest BCUT2D eigenvalue weighted by molar-refractivity contribution is -0.126. The molecule has 2 saturated carbocycles. The number of nitrogens with one attached hydrogen (secondary N) is 1. The molecule has 1 aromatic carbocycles. The molecule has 0 aliphatic heterocycles. The van der Waals surface area contributed by atoms with Crippen LogP contribution < -0.4 is 14.8 Å². The maximum Gasteiger partial charge on any atom is 0.223 e. The fourth-order valence-corrected chi connectivity index (χ4v) is 4.06. The number of hydrogen-bond donors (Lipinski definition) is 1. The summed E-state index contributed by atoms with van der Waals surface area (Å²) in [4.78, 5) is 12.3. The first-order valence-corrected chi connectivity index (χ1v) is 8.20. The zero-order valence-corrected chi connectivity index (χ0v) is 13.4.